The summed E-state index contributed by atoms with van der Waals surface area (Å²) in [5.74, 6) is 0.776. The van der Waals surface area contributed by atoms with E-state index in [9.17, 15) is 0 Å². The minimum absolute atomic E-state index is 0.776. The van der Waals surface area contributed by atoms with Gasteiger partial charge in [-0.2, -0.15) is 0 Å². The molecule has 0 N–H and O–H groups in total. The third-order valence-corrected chi connectivity index (χ3v) is 5.88. The van der Waals surface area contributed by atoms with Crippen LogP contribution in [-0.4, -0.2) is 6.94 Å². The predicted octanol–water partition coefficient (Wildman–Crippen LogP) is 3.37. The highest BCUT2D eigenvalue weighted by Crippen LogP contribution is 2.38. The van der Waals surface area contributed by atoms with E-state index in [1.54, 1.807) is 0 Å². The van der Waals surface area contributed by atoms with E-state index >= 15 is 0 Å². The number of fused-ring (bicyclic) bond motifs is 3. The number of benzene rings is 2. The van der Waals surface area contributed by atoms with Gasteiger partial charge in [-0.25, -0.2) is 0 Å². The molecule has 0 bridgehead atoms. The average Bonchev–Trinajstić information content (AvgIpc) is 2.29. The Balaban J connectivity index is 2.33. The Morgan fingerprint density at radius 1 is 0.812 bits per heavy atom. The fourth-order valence-corrected chi connectivity index (χ4v) is 4.82. The molecule has 0 radical (unpaired) electrons. The molecule has 0 aromatic heterocycles. The van der Waals surface area contributed by atoms with Gasteiger partial charge >= 0.3 is 6.94 Å². The van der Waals surface area contributed by atoms with Crippen LogP contribution in [0.25, 0.3) is 11.1 Å². The van der Waals surface area contributed by atoms with Gasteiger partial charge in [0.05, 0.1) is 0 Å². The maximum Gasteiger partial charge on any atom is 0.484 e. The highest BCUT2D eigenvalue weighted by Gasteiger charge is 2.42. The van der Waals surface area contributed by atoms with Crippen molar-refractivity contribution in [3.63, 3.8) is 0 Å². The lowest BCUT2D eigenvalue weighted by Gasteiger charge is -2.28. The first-order chi connectivity index (χ1) is 7.68. The first kappa shape index (κ1) is 10.2. The predicted molar refractivity (Wildman–Crippen MR) is 69.6 cm³/mol. The molecule has 2 aromatic rings. The molecule has 0 unspecified atom stereocenters. The van der Waals surface area contributed by atoms with Crippen molar-refractivity contribution < 1.29 is 4.43 Å². The summed E-state index contributed by atoms with van der Waals surface area (Å²) in [5, 5.41) is 0.928. The molecule has 2 aromatic carbocycles. The molecule has 0 saturated carbocycles. The summed E-state index contributed by atoms with van der Waals surface area (Å²) >= 11 is 12.6. The van der Waals surface area contributed by atoms with Crippen LogP contribution in [0.4, 0.5) is 0 Å². The van der Waals surface area contributed by atoms with Crippen LogP contribution in [0.15, 0.2) is 48.5 Å². The van der Waals surface area contributed by atoms with Crippen LogP contribution in [0, 0.1) is 0 Å². The number of hydrogen-bond donors (Lipinski definition) is 0. The number of hydrogen-bond acceptors (Lipinski definition) is 1. The molecule has 16 heavy (non-hydrogen) atoms. The van der Waals surface area contributed by atoms with Gasteiger partial charge in [0.2, 0.25) is 0 Å². The van der Waals surface area contributed by atoms with Crippen LogP contribution in [0.1, 0.15) is 0 Å². The van der Waals surface area contributed by atoms with E-state index in [1.807, 2.05) is 48.5 Å². The van der Waals surface area contributed by atoms with Crippen LogP contribution in [0.5, 0.6) is 5.75 Å². The van der Waals surface area contributed by atoms with Gasteiger partial charge < -0.3 is 4.43 Å². The van der Waals surface area contributed by atoms with Gasteiger partial charge in [-0.1, -0.05) is 64.6 Å². The topological polar surface area (TPSA) is 9.23 Å². The zero-order valence-electron chi connectivity index (χ0n) is 8.28. The summed E-state index contributed by atoms with van der Waals surface area (Å²) in [7, 11) is 0. The summed E-state index contributed by atoms with van der Waals surface area (Å²) in [6, 6.07) is 15.7. The molecule has 0 spiro atoms. The van der Waals surface area contributed by atoms with Crippen molar-refractivity contribution in [2.45, 2.75) is 0 Å². The second-order valence-electron chi connectivity index (χ2n) is 3.66. The monoisotopic (exact) mass is 266 g/mol. The van der Waals surface area contributed by atoms with Gasteiger partial charge in [-0.05, 0) is 11.6 Å². The summed E-state index contributed by atoms with van der Waals surface area (Å²) < 4.78 is 5.72. The smallest absolute Gasteiger partial charge is 0.484 e. The zero-order valence-corrected chi connectivity index (χ0v) is 10.8. The van der Waals surface area contributed by atoms with Crippen LogP contribution in [0.3, 0.4) is 0 Å². The van der Waals surface area contributed by atoms with E-state index in [2.05, 4.69) is 0 Å². The molecule has 0 atom stereocenters. The summed E-state index contributed by atoms with van der Waals surface area (Å²) in [6.45, 7) is -2.82. The highest BCUT2D eigenvalue weighted by atomic mass is 35.7. The minimum Gasteiger partial charge on any atom is -0.515 e. The second kappa shape index (κ2) is 3.52. The zero-order chi connectivity index (χ0) is 11.2. The SMILES string of the molecule is Cl[Si]1(Cl)Oc2ccccc2-c2ccccc21. The largest absolute Gasteiger partial charge is 0.515 e. The van der Waals surface area contributed by atoms with E-state index < -0.39 is 6.94 Å². The summed E-state index contributed by atoms with van der Waals surface area (Å²) in [5.41, 5.74) is 2.14. The van der Waals surface area contributed by atoms with Crippen LogP contribution in [-0.2, 0) is 0 Å². The van der Waals surface area contributed by atoms with E-state index in [-0.39, 0.29) is 0 Å². The molecule has 3 rings (SSSR count). The van der Waals surface area contributed by atoms with E-state index in [1.165, 1.54) is 0 Å². The number of halogens is 2. The van der Waals surface area contributed by atoms with Gasteiger partial charge in [-0.3, -0.25) is 0 Å². The first-order valence-electron chi connectivity index (χ1n) is 4.94. The molecule has 0 aliphatic carbocycles. The van der Waals surface area contributed by atoms with Gasteiger partial charge in [0.25, 0.3) is 0 Å². The first-order valence-corrected chi connectivity index (χ1v) is 8.87. The Morgan fingerprint density at radius 3 is 2.25 bits per heavy atom. The minimum atomic E-state index is -2.82. The quantitative estimate of drug-likeness (QED) is 0.525. The molecule has 0 amide bonds. The molecule has 0 saturated heterocycles. The molecular weight excluding hydrogens is 259 g/mol. The lowest BCUT2D eigenvalue weighted by atomic mass is 10.0. The van der Waals surface area contributed by atoms with Gasteiger partial charge in [0.1, 0.15) is 5.75 Å². The molecule has 80 valence electrons. The number of rotatable bonds is 0. The highest BCUT2D eigenvalue weighted by molar-refractivity contribution is 7.48. The van der Waals surface area contributed by atoms with Crippen molar-refractivity contribution in [1.29, 1.82) is 0 Å². The Hall–Kier alpha value is -0.963. The maximum absolute atomic E-state index is 6.31. The van der Waals surface area contributed by atoms with E-state index in [0.29, 0.717) is 0 Å². The van der Waals surface area contributed by atoms with Crippen molar-refractivity contribution in [3.8, 4) is 16.9 Å². The second-order valence-corrected chi connectivity index (χ2v) is 9.21. The molecule has 0 fully saturated rings. The summed E-state index contributed by atoms with van der Waals surface area (Å²) in [6.07, 6.45) is 0. The Labute approximate surface area is 104 Å². The van der Waals surface area contributed by atoms with Gasteiger partial charge in [-0.15, -0.1) is 0 Å². The molecule has 1 aliphatic rings. The van der Waals surface area contributed by atoms with E-state index in [4.69, 9.17) is 26.6 Å². The average molecular weight is 267 g/mol. The lowest BCUT2D eigenvalue weighted by molar-refractivity contribution is 0.589. The van der Waals surface area contributed by atoms with Crippen LogP contribution in [0.2, 0.25) is 0 Å². The van der Waals surface area contributed by atoms with E-state index in [0.717, 1.165) is 22.1 Å². The molecular formula is C12H8Cl2OSi. The van der Waals surface area contributed by atoms with Crippen molar-refractivity contribution >= 4 is 34.3 Å². The van der Waals surface area contributed by atoms with Gasteiger partial charge in [0.15, 0.2) is 0 Å². The Bertz CT molecular complexity index is 554. The normalized spacial score (nSPS) is 15.9. The van der Waals surface area contributed by atoms with Crippen LogP contribution >= 0.6 is 22.2 Å². The number of para-hydroxylation sites is 1. The fourth-order valence-electron chi connectivity index (χ4n) is 1.94. The Kier molecular flexibility index (Phi) is 2.25. The third-order valence-electron chi connectivity index (χ3n) is 2.66. The molecule has 4 heteroatoms. The molecule has 1 heterocycles. The Morgan fingerprint density at radius 2 is 1.44 bits per heavy atom. The molecule has 1 aliphatic heterocycles. The van der Waals surface area contributed by atoms with Crippen molar-refractivity contribution in [2.24, 2.45) is 0 Å². The standard InChI is InChI=1S/C12H8Cl2OSi/c13-16(14)12-8-4-2-6-10(12)9-5-1-3-7-11(9)15-16/h1-8H. The fraction of sp³-hybridized carbons (Fsp3) is 0. The maximum atomic E-state index is 6.31. The van der Waals surface area contributed by atoms with Crippen molar-refractivity contribution in [1.82, 2.24) is 0 Å². The van der Waals surface area contributed by atoms with Crippen molar-refractivity contribution in [3.05, 3.63) is 48.5 Å². The molecule has 1 nitrogen and oxygen atoms in total. The van der Waals surface area contributed by atoms with Gasteiger partial charge in [0, 0.05) is 10.8 Å². The van der Waals surface area contributed by atoms with Crippen molar-refractivity contribution in [2.75, 3.05) is 0 Å². The van der Waals surface area contributed by atoms with Crippen LogP contribution < -0.4 is 9.61 Å². The lowest BCUT2D eigenvalue weighted by Crippen LogP contribution is -2.46. The third kappa shape index (κ3) is 1.45. The summed E-state index contributed by atoms with van der Waals surface area (Å²) in [4.78, 5) is 0.